The normalized spacial score (nSPS) is 22.8. The van der Waals surface area contributed by atoms with Crippen LogP contribution in [0, 0.1) is 5.92 Å². The first kappa shape index (κ1) is 19.3. The molecule has 0 saturated carbocycles. The number of halogens is 4. The Morgan fingerprint density at radius 1 is 1.07 bits per heavy atom. The lowest BCUT2D eigenvalue weighted by molar-refractivity contribution is 0.351. The summed E-state index contributed by atoms with van der Waals surface area (Å²) in [4.78, 5) is 0. The van der Waals surface area contributed by atoms with Crippen LogP contribution in [0.1, 0.15) is 29.5 Å². The number of anilines is 1. The highest BCUT2D eigenvalue weighted by Crippen LogP contribution is 2.55. The van der Waals surface area contributed by atoms with Gasteiger partial charge < -0.3 is 14.8 Å². The quantitative estimate of drug-likeness (QED) is 0.364. The Morgan fingerprint density at radius 2 is 1.85 bits per heavy atom. The Labute approximate surface area is 181 Å². The first-order chi connectivity index (χ1) is 13.0. The number of hydrogen-bond donors (Lipinski definition) is 1. The van der Waals surface area contributed by atoms with Crippen LogP contribution < -0.4 is 14.8 Å². The van der Waals surface area contributed by atoms with Gasteiger partial charge in [0.1, 0.15) is 0 Å². The summed E-state index contributed by atoms with van der Waals surface area (Å²) in [6, 6.07) is 5.80. The minimum absolute atomic E-state index is 0.0448. The topological polar surface area (TPSA) is 30.5 Å². The molecule has 3 nitrogen and oxygen atoms in total. The third-order valence-electron chi connectivity index (χ3n) is 5.30. The second-order valence-corrected chi connectivity index (χ2v) is 8.70. The summed E-state index contributed by atoms with van der Waals surface area (Å²) in [6.45, 7) is 0. The van der Waals surface area contributed by atoms with Gasteiger partial charge in [0.25, 0.3) is 0 Å². The van der Waals surface area contributed by atoms with Gasteiger partial charge >= 0.3 is 0 Å². The standard InChI is InChI=1S/C20H17BrCl3NO2/c1-26-15-7-9(6-12(21)20(15)27-2)18-11-5-3-4-10(11)16-17(24)13(22)8-14(23)19(16)25-18/h3-4,6-8,10-11,18,25H,5H2,1-2H3/t10-,11+,18-/m0/s1. The van der Waals surface area contributed by atoms with Crippen molar-refractivity contribution in [1.29, 1.82) is 0 Å². The van der Waals surface area contributed by atoms with Gasteiger partial charge in [-0.15, -0.1) is 0 Å². The molecule has 4 rings (SSSR count). The summed E-state index contributed by atoms with van der Waals surface area (Å²) in [5.41, 5.74) is 2.91. The SMILES string of the molecule is COc1cc([C@@H]2Nc3c(Cl)cc(Cl)c(Cl)c3[C@H]3C=CC[C@H]32)cc(Br)c1OC. The van der Waals surface area contributed by atoms with E-state index in [-0.39, 0.29) is 12.0 Å². The van der Waals surface area contributed by atoms with Gasteiger partial charge in [-0.3, -0.25) is 0 Å². The lowest BCUT2D eigenvalue weighted by Crippen LogP contribution is -2.29. The van der Waals surface area contributed by atoms with E-state index in [2.05, 4.69) is 39.5 Å². The van der Waals surface area contributed by atoms with Crippen molar-refractivity contribution in [2.24, 2.45) is 5.92 Å². The van der Waals surface area contributed by atoms with E-state index in [1.807, 2.05) is 6.07 Å². The summed E-state index contributed by atoms with van der Waals surface area (Å²) >= 11 is 22.9. The molecule has 27 heavy (non-hydrogen) atoms. The van der Waals surface area contributed by atoms with Gasteiger partial charge in [-0.1, -0.05) is 47.0 Å². The van der Waals surface area contributed by atoms with Crippen molar-refractivity contribution in [2.45, 2.75) is 18.4 Å². The molecule has 1 heterocycles. The zero-order valence-corrected chi connectivity index (χ0v) is 18.5. The molecule has 0 fully saturated rings. The minimum atomic E-state index is 0.0448. The first-order valence-corrected chi connectivity index (χ1v) is 10.4. The zero-order chi connectivity index (χ0) is 19.3. The van der Waals surface area contributed by atoms with Crippen LogP contribution in [-0.2, 0) is 0 Å². The van der Waals surface area contributed by atoms with Crippen molar-refractivity contribution in [3.63, 3.8) is 0 Å². The molecule has 0 spiro atoms. The highest BCUT2D eigenvalue weighted by atomic mass is 79.9. The molecule has 2 aliphatic rings. The average Bonchev–Trinajstić information content (AvgIpc) is 3.14. The fourth-order valence-electron chi connectivity index (χ4n) is 4.11. The second-order valence-electron chi connectivity index (χ2n) is 6.66. The van der Waals surface area contributed by atoms with E-state index in [0.29, 0.717) is 32.5 Å². The fraction of sp³-hybridized carbons (Fsp3) is 0.300. The smallest absolute Gasteiger partial charge is 0.174 e. The van der Waals surface area contributed by atoms with Gasteiger partial charge in [-0.25, -0.2) is 0 Å². The number of ether oxygens (including phenoxy) is 2. The number of hydrogen-bond acceptors (Lipinski definition) is 3. The molecule has 0 bridgehead atoms. The lowest BCUT2D eigenvalue weighted by atomic mass is 9.77. The van der Waals surface area contributed by atoms with Crippen molar-refractivity contribution >= 4 is 56.4 Å². The van der Waals surface area contributed by atoms with Crippen molar-refractivity contribution in [1.82, 2.24) is 0 Å². The Morgan fingerprint density at radius 3 is 2.56 bits per heavy atom. The minimum Gasteiger partial charge on any atom is -0.493 e. The highest BCUT2D eigenvalue weighted by Gasteiger charge is 2.41. The van der Waals surface area contributed by atoms with Gasteiger partial charge in [0, 0.05) is 11.5 Å². The maximum Gasteiger partial charge on any atom is 0.174 e. The molecular formula is C20H17BrCl3NO2. The highest BCUT2D eigenvalue weighted by molar-refractivity contribution is 9.10. The molecule has 2 aromatic carbocycles. The molecule has 0 amide bonds. The number of nitrogens with one attached hydrogen (secondary N) is 1. The third kappa shape index (κ3) is 3.11. The van der Waals surface area contributed by atoms with E-state index in [0.717, 1.165) is 27.7 Å². The average molecular weight is 490 g/mol. The molecular weight excluding hydrogens is 472 g/mol. The predicted molar refractivity (Wildman–Crippen MR) is 115 cm³/mol. The molecule has 0 unspecified atom stereocenters. The summed E-state index contributed by atoms with van der Waals surface area (Å²) in [5.74, 6) is 1.81. The molecule has 0 radical (unpaired) electrons. The predicted octanol–water partition coefficient (Wildman–Crippen LogP) is 7.25. The van der Waals surface area contributed by atoms with E-state index in [9.17, 15) is 0 Å². The zero-order valence-electron chi connectivity index (χ0n) is 14.7. The van der Waals surface area contributed by atoms with Crippen molar-refractivity contribution < 1.29 is 9.47 Å². The third-order valence-corrected chi connectivity index (χ3v) is 6.99. The number of rotatable bonds is 3. The first-order valence-electron chi connectivity index (χ1n) is 8.48. The Bertz CT molecular complexity index is 948. The fourth-order valence-corrected chi connectivity index (χ4v) is 5.54. The molecule has 7 heteroatoms. The van der Waals surface area contributed by atoms with Crippen LogP contribution in [0.15, 0.2) is 34.8 Å². The summed E-state index contributed by atoms with van der Waals surface area (Å²) in [6.07, 6.45) is 5.33. The van der Waals surface area contributed by atoms with Crippen LogP contribution in [0.25, 0.3) is 0 Å². The number of methoxy groups -OCH3 is 2. The van der Waals surface area contributed by atoms with Crippen molar-refractivity contribution in [3.05, 3.63) is 61.0 Å². The molecule has 142 valence electrons. The molecule has 3 atom stereocenters. The number of fused-ring (bicyclic) bond motifs is 3. The summed E-state index contributed by atoms with van der Waals surface area (Å²) in [7, 11) is 3.26. The molecule has 2 aromatic rings. The maximum absolute atomic E-state index is 6.55. The van der Waals surface area contributed by atoms with E-state index >= 15 is 0 Å². The molecule has 0 saturated heterocycles. The molecule has 1 aliphatic heterocycles. The maximum atomic E-state index is 6.55. The van der Waals surface area contributed by atoms with Crippen LogP contribution in [0.5, 0.6) is 11.5 Å². The largest absolute Gasteiger partial charge is 0.493 e. The Balaban J connectivity index is 1.85. The van der Waals surface area contributed by atoms with Gasteiger partial charge in [0.2, 0.25) is 0 Å². The van der Waals surface area contributed by atoms with Crippen LogP contribution in [-0.4, -0.2) is 14.2 Å². The van der Waals surface area contributed by atoms with E-state index in [1.54, 1.807) is 20.3 Å². The number of benzene rings is 2. The lowest BCUT2D eigenvalue weighted by Gasteiger charge is -2.38. The van der Waals surface area contributed by atoms with Crippen LogP contribution in [0.3, 0.4) is 0 Å². The van der Waals surface area contributed by atoms with Crippen LogP contribution >= 0.6 is 50.7 Å². The molecule has 1 aliphatic carbocycles. The van der Waals surface area contributed by atoms with Crippen LogP contribution in [0.4, 0.5) is 5.69 Å². The van der Waals surface area contributed by atoms with Gasteiger partial charge in [-0.05, 0) is 52.0 Å². The Kier molecular flexibility index (Phi) is 5.28. The summed E-state index contributed by atoms with van der Waals surface area (Å²) in [5, 5.41) is 5.22. The van der Waals surface area contributed by atoms with E-state index in [4.69, 9.17) is 44.3 Å². The van der Waals surface area contributed by atoms with Gasteiger partial charge in [0.15, 0.2) is 11.5 Å². The van der Waals surface area contributed by atoms with E-state index < -0.39 is 0 Å². The van der Waals surface area contributed by atoms with Crippen LogP contribution in [0.2, 0.25) is 15.1 Å². The molecule has 1 N–H and O–H groups in total. The second kappa shape index (κ2) is 7.40. The molecule has 0 aromatic heterocycles. The van der Waals surface area contributed by atoms with Crippen molar-refractivity contribution in [2.75, 3.05) is 19.5 Å². The van der Waals surface area contributed by atoms with Gasteiger partial charge in [0.05, 0.1) is 45.5 Å². The Hall–Kier alpha value is -1.07. The number of allylic oxidation sites excluding steroid dienone is 2. The monoisotopic (exact) mass is 487 g/mol. The van der Waals surface area contributed by atoms with E-state index in [1.165, 1.54) is 0 Å². The summed E-state index contributed by atoms with van der Waals surface area (Å²) < 4.78 is 11.8. The van der Waals surface area contributed by atoms with Gasteiger partial charge in [-0.2, -0.15) is 0 Å². The van der Waals surface area contributed by atoms with Crippen molar-refractivity contribution in [3.8, 4) is 11.5 Å².